The van der Waals surface area contributed by atoms with Crippen LogP contribution in [0.15, 0.2) is 36.4 Å². The lowest BCUT2D eigenvalue weighted by atomic mass is 10.2. The molecular formula is C26H36N6O3. The first-order chi connectivity index (χ1) is 16.5. The van der Waals surface area contributed by atoms with Gasteiger partial charge in [0.25, 0.3) is 5.69 Å². The minimum Gasteiger partial charge on any atom is -0.400 e. The molecule has 0 saturated heterocycles. The van der Waals surface area contributed by atoms with E-state index in [0.717, 1.165) is 25.6 Å². The second-order valence-corrected chi connectivity index (χ2v) is 8.21. The Balaban J connectivity index is 0.000000320. The molecule has 0 unspecified atom stereocenters. The zero-order chi connectivity index (χ0) is 24.9. The smallest absolute Gasteiger partial charge is 0.282 e. The second kappa shape index (κ2) is 15.2. The minimum absolute atomic E-state index is 0. The molecule has 188 valence electrons. The second-order valence-electron chi connectivity index (χ2n) is 8.21. The number of benzene rings is 2. The fourth-order valence-electron chi connectivity index (χ4n) is 4.19. The van der Waals surface area contributed by atoms with E-state index in [4.69, 9.17) is 24.0 Å². The van der Waals surface area contributed by atoms with Gasteiger partial charge in [0.2, 0.25) is 0 Å². The first-order valence-corrected chi connectivity index (χ1v) is 11.4. The van der Waals surface area contributed by atoms with Gasteiger partial charge in [0.1, 0.15) is 5.69 Å². The Bertz CT molecular complexity index is 1030. The fourth-order valence-corrected chi connectivity index (χ4v) is 4.19. The highest BCUT2D eigenvalue weighted by Gasteiger charge is 2.20. The molecule has 0 aliphatic heterocycles. The van der Waals surface area contributed by atoms with Crippen molar-refractivity contribution in [2.24, 2.45) is 0 Å². The molecule has 2 saturated carbocycles. The Hall–Kier alpha value is -3.82. The van der Waals surface area contributed by atoms with Crippen LogP contribution in [0.4, 0.5) is 34.1 Å². The van der Waals surface area contributed by atoms with E-state index in [9.17, 15) is 10.1 Å². The summed E-state index contributed by atoms with van der Waals surface area (Å²) in [6.07, 6.45) is 9.52. The summed E-state index contributed by atoms with van der Waals surface area (Å²) in [6, 6.07) is 10.9. The Morgan fingerprint density at radius 1 is 0.886 bits per heavy atom. The van der Waals surface area contributed by atoms with E-state index in [-0.39, 0.29) is 13.1 Å². The van der Waals surface area contributed by atoms with Gasteiger partial charge >= 0.3 is 0 Å². The number of nitrogens with zero attached hydrogens (tertiary/aromatic N) is 3. The topological polar surface area (TPSA) is 122 Å². The average molecular weight is 481 g/mol. The van der Waals surface area contributed by atoms with Gasteiger partial charge in [-0.2, -0.15) is 0 Å². The highest BCUT2D eigenvalue weighted by Crippen LogP contribution is 2.32. The van der Waals surface area contributed by atoms with Crippen molar-refractivity contribution in [1.82, 2.24) is 0 Å². The molecule has 35 heavy (non-hydrogen) atoms. The third-order valence-electron chi connectivity index (χ3n) is 5.90. The summed E-state index contributed by atoms with van der Waals surface area (Å²) in [4.78, 5) is 17.0. The standard InChI is InChI=1S/C12H13N3O2.C12H15N3.CH4O.CH4/c1-13-10-6-7-11(12(8-10)15(16)17)14-9-4-2-3-5-9;1-14-10-6-7-12(11(13)8-10)15-9-4-2-3-5-9;1-2;/h6-9,14H,2-5H2;6-9,15H,2-5,13H2;2H,1H3;1H4. The number of rotatable bonds is 5. The van der Waals surface area contributed by atoms with Crippen LogP contribution in [0.5, 0.6) is 0 Å². The molecular weight excluding hydrogens is 444 g/mol. The number of aliphatic hydroxyl groups excluding tert-OH is 1. The van der Waals surface area contributed by atoms with Crippen LogP contribution in [0, 0.1) is 23.3 Å². The number of aliphatic hydroxyl groups is 1. The monoisotopic (exact) mass is 480 g/mol. The van der Waals surface area contributed by atoms with Gasteiger partial charge in [0.05, 0.1) is 23.8 Å². The Morgan fingerprint density at radius 3 is 1.74 bits per heavy atom. The summed E-state index contributed by atoms with van der Waals surface area (Å²) in [5.74, 6) is 0. The van der Waals surface area contributed by atoms with Crippen LogP contribution in [0.1, 0.15) is 58.8 Å². The van der Waals surface area contributed by atoms with Crippen molar-refractivity contribution < 1.29 is 10.0 Å². The van der Waals surface area contributed by atoms with Gasteiger partial charge in [-0.05, 0) is 43.9 Å². The van der Waals surface area contributed by atoms with Gasteiger partial charge in [-0.1, -0.05) is 45.2 Å². The van der Waals surface area contributed by atoms with Crippen LogP contribution < -0.4 is 16.4 Å². The van der Waals surface area contributed by atoms with Crippen molar-refractivity contribution in [3.05, 3.63) is 69.3 Å². The van der Waals surface area contributed by atoms with Crippen LogP contribution >= 0.6 is 0 Å². The molecule has 2 aliphatic rings. The zero-order valence-corrected chi connectivity index (χ0v) is 19.5. The maximum absolute atomic E-state index is 10.9. The quantitative estimate of drug-likeness (QED) is 0.159. The predicted molar refractivity (Wildman–Crippen MR) is 143 cm³/mol. The van der Waals surface area contributed by atoms with Gasteiger partial charge in [0.15, 0.2) is 11.4 Å². The number of hydrogen-bond acceptors (Lipinski definition) is 6. The minimum atomic E-state index is -0.439. The first-order valence-electron chi connectivity index (χ1n) is 11.4. The number of hydrogen-bond donors (Lipinski definition) is 4. The highest BCUT2D eigenvalue weighted by molar-refractivity contribution is 5.72. The fraction of sp³-hybridized carbons (Fsp3) is 0.462. The molecule has 0 aromatic heterocycles. The summed E-state index contributed by atoms with van der Waals surface area (Å²) >= 11 is 0. The number of anilines is 3. The molecule has 5 N–H and O–H groups in total. The first kappa shape index (κ1) is 29.2. The van der Waals surface area contributed by atoms with Crippen molar-refractivity contribution in [3.63, 3.8) is 0 Å². The molecule has 2 aliphatic carbocycles. The van der Waals surface area contributed by atoms with Crippen LogP contribution in [0.25, 0.3) is 9.69 Å². The Morgan fingerprint density at radius 2 is 1.31 bits per heavy atom. The van der Waals surface area contributed by atoms with Crippen molar-refractivity contribution in [3.8, 4) is 0 Å². The molecule has 0 atom stereocenters. The molecule has 4 rings (SSSR count). The van der Waals surface area contributed by atoms with E-state index >= 15 is 0 Å². The molecule has 2 fully saturated rings. The lowest BCUT2D eigenvalue weighted by Gasteiger charge is -2.15. The van der Waals surface area contributed by atoms with E-state index in [0.29, 0.717) is 34.8 Å². The Kier molecular flexibility index (Phi) is 12.6. The van der Waals surface area contributed by atoms with E-state index in [2.05, 4.69) is 20.3 Å². The van der Waals surface area contributed by atoms with Gasteiger partial charge in [-0.25, -0.2) is 9.69 Å². The van der Waals surface area contributed by atoms with Gasteiger partial charge < -0.3 is 21.5 Å². The number of nitrogens with two attached hydrogens (primary N) is 1. The Labute approximate surface area is 208 Å². The van der Waals surface area contributed by atoms with Gasteiger partial charge in [-0.15, -0.1) is 0 Å². The molecule has 9 heteroatoms. The SMILES string of the molecule is C.CO.[C-]#[N+]c1ccc(NC2CCCC2)c(N)c1.[C-]#[N+]c1ccc(NC2CCCC2)c([N+](=O)[O-])c1. The average Bonchev–Trinajstić information content (AvgIpc) is 3.57. The molecule has 0 radical (unpaired) electrons. The van der Waals surface area contributed by atoms with E-state index < -0.39 is 4.92 Å². The summed E-state index contributed by atoms with van der Waals surface area (Å²) in [7, 11) is 1.00. The molecule has 0 spiro atoms. The number of nitrogen functional groups attached to an aromatic ring is 1. The summed E-state index contributed by atoms with van der Waals surface area (Å²) in [6.45, 7) is 13.7. The lowest BCUT2D eigenvalue weighted by molar-refractivity contribution is -0.383. The van der Waals surface area contributed by atoms with Crippen LogP contribution in [0.3, 0.4) is 0 Å². The number of nitro benzene ring substituents is 1. The van der Waals surface area contributed by atoms with Crippen molar-refractivity contribution in [2.75, 3.05) is 23.5 Å². The molecule has 9 nitrogen and oxygen atoms in total. The van der Waals surface area contributed by atoms with Crippen LogP contribution in [0.2, 0.25) is 0 Å². The number of nitrogens with one attached hydrogen (secondary N) is 2. The van der Waals surface area contributed by atoms with Gasteiger partial charge in [0, 0.05) is 30.9 Å². The maximum atomic E-state index is 10.9. The maximum Gasteiger partial charge on any atom is 0.282 e. The van der Waals surface area contributed by atoms with Crippen LogP contribution in [-0.4, -0.2) is 29.2 Å². The van der Waals surface area contributed by atoms with Crippen molar-refractivity contribution >= 4 is 34.1 Å². The largest absolute Gasteiger partial charge is 0.400 e. The van der Waals surface area contributed by atoms with Gasteiger partial charge in [-0.3, -0.25) is 10.1 Å². The molecule has 0 bridgehead atoms. The molecule has 2 aromatic rings. The van der Waals surface area contributed by atoms with Crippen molar-refractivity contribution in [1.29, 1.82) is 0 Å². The third-order valence-corrected chi connectivity index (χ3v) is 5.90. The number of nitro groups is 1. The van der Waals surface area contributed by atoms with E-state index in [1.165, 1.54) is 44.6 Å². The summed E-state index contributed by atoms with van der Waals surface area (Å²) in [5.41, 5.74) is 8.93. The summed E-state index contributed by atoms with van der Waals surface area (Å²) < 4.78 is 0. The predicted octanol–water partition coefficient (Wildman–Crippen LogP) is 6.92. The summed E-state index contributed by atoms with van der Waals surface area (Å²) in [5, 5.41) is 24.6. The molecule has 2 aromatic carbocycles. The molecule has 0 heterocycles. The normalized spacial score (nSPS) is 14.6. The van der Waals surface area contributed by atoms with Crippen LogP contribution in [-0.2, 0) is 0 Å². The third kappa shape index (κ3) is 8.80. The van der Waals surface area contributed by atoms with Crippen molar-refractivity contribution in [2.45, 2.75) is 70.9 Å². The lowest BCUT2D eigenvalue weighted by Crippen LogP contribution is -2.15. The van der Waals surface area contributed by atoms with E-state index in [1.54, 1.807) is 24.3 Å². The molecule has 0 amide bonds. The zero-order valence-electron chi connectivity index (χ0n) is 19.5. The highest BCUT2D eigenvalue weighted by atomic mass is 16.6. The van der Waals surface area contributed by atoms with E-state index in [1.807, 2.05) is 6.07 Å².